The molecule has 2 rings (SSSR count). The van der Waals surface area contributed by atoms with Crippen LogP contribution in [0.25, 0.3) is 0 Å². The van der Waals surface area contributed by atoms with E-state index in [1.165, 1.54) is 18.2 Å². The summed E-state index contributed by atoms with van der Waals surface area (Å²) in [7, 11) is 3.10. The predicted octanol–water partition coefficient (Wildman–Crippen LogP) is 4.10. The summed E-state index contributed by atoms with van der Waals surface area (Å²) < 4.78 is 10.1. The third kappa shape index (κ3) is 5.64. The van der Waals surface area contributed by atoms with Crippen molar-refractivity contribution >= 4 is 17.7 Å². The molecule has 0 bridgehead atoms. The Balaban J connectivity index is 1.91. The summed E-state index contributed by atoms with van der Waals surface area (Å²) in [6.07, 6.45) is 1.65. The molecule has 2 aromatic carbocycles. The molecule has 0 spiro atoms. The van der Waals surface area contributed by atoms with Crippen molar-refractivity contribution < 1.29 is 14.3 Å². The second-order valence-electron chi connectivity index (χ2n) is 5.20. The van der Waals surface area contributed by atoms with Gasteiger partial charge in [0.15, 0.2) is 0 Å². The lowest BCUT2D eigenvalue weighted by molar-refractivity contribution is -0.140. The molecule has 0 heterocycles. The molecule has 0 N–H and O–H groups in total. The summed E-state index contributed by atoms with van der Waals surface area (Å²) in [6.45, 7) is 0. The SMILES string of the molecule is COC(=O)[C@H](CCc1ccccc1)SCc1ccc(OC)cc1. The third-order valence-electron chi connectivity index (χ3n) is 3.61. The van der Waals surface area contributed by atoms with E-state index in [0.717, 1.165) is 24.3 Å². The smallest absolute Gasteiger partial charge is 0.318 e. The molecule has 122 valence electrons. The Kier molecular flexibility index (Phi) is 7.01. The highest BCUT2D eigenvalue weighted by atomic mass is 32.2. The van der Waals surface area contributed by atoms with Crippen molar-refractivity contribution in [2.45, 2.75) is 23.8 Å². The van der Waals surface area contributed by atoms with E-state index in [2.05, 4.69) is 12.1 Å². The largest absolute Gasteiger partial charge is 0.497 e. The molecule has 0 saturated carbocycles. The molecule has 0 radical (unpaired) electrons. The highest BCUT2D eigenvalue weighted by Gasteiger charge is 2.19. The number of ether oxygens (including phenoxy) is 2. The van der Waals surface area contributed by atoms with Gasteiger partial charge in [-0.3, -0.25) is 4.79 Å². The zero-order valence-corrected chi connectivity index (χ0v) is 14.3. The van der Waals surface area contributed by atoms with Gasteiger partial charge in [-0.2, -0.15) is 0 Å². The van der Waals surface area contributed by atoms with Gasteiger partial charge in [0.2, 0.25) is 0 Å². The zero-order chi connectivity index (χ0) is 16.5. The van der Waals surface area contributed by atoms with Crippen LogP contribution in [0.1, 0.15) is 17.5 Å². The number of benzene rings is 2. The topological polar surface area (TPSA) is 35.5 Å². The number of methoxy groups -OCH3 is 2. The highest BCUT2D eigenvalue weighted by molar-refractivity contribution is 7.99. The van der Waals surface area contributed by atoms with Crippen molar-refractivity contribution in [3.63, 3.8) is 0 Å². The number of rotatable bonds is 8. The molecule has 0 aromatic heterocycles. The minimum Gasteiger partial charge on any atom is -0.497 e. The fourth-order valence-electron chi connectivity index (χ4n) is 2.26. The fraction of sp³-hybridized carbons (Fsp3) is 0.316. The molecule has 0 fully saturated rings. The Morgan fingerprint density at radius 2 is 1.70 bits per heavy atom. The maximum atomic E-state index is 12.0. The van der Waals surface area contributed by atoms with Crippen molar-refractivity contribution in [1.82, 2.24) is 0 Å². The van der Waals surface area contributed by atoms with Gasteiger partial charge in [-0.05, 0) is 36.1 Å². The summed E-state index contributed by atoms with van der Waals surface area (Å²) in [5.74, 6) is 1.46. The van der Waals surface area contributed by atoms with Gasteiger partial charge in [-0.1, -0.05) is 42.5 Å². The molecule has 0 aliphatic carbocycles. The molecule has 0 aliphatic rings. The van der Waals surface area contributed by atoms with E-state index in [0.29, 0.717) is 0 Å². The minimum absolute atomic E-state index is 0.151. The standard InChI is InChI=1S/C19H22O3S/c1-21-17-11-8-16(9-12-17)14-23-18(19(20)22-2)13-10-15-6-4-3-5-7-15/h3-9,11-12,18H,10,13-14H2,1-2H3/t18-/m0/s1. The number of carbonyl (C=O) groups excluding carboxylic acids is 1. The second-order valence-corrected chi connectivity index (χ2v) is 6.39. The lowest BCUT2D eigenvalue weighted by atomic mass is 10.1. The monoisotopic (exact) mass is 330 g/mol. The van der Waals surface area contributed by atoms with Gasteiger partial charge in [0.1, 0.15) is 11.0 Å². The maximum Gasteiger partial charge on any atom is 0.318 e. The van der Waals surface area contributed by atoms with Crippen molar-refractivity contribution in [2.75, 3.05) is 14.2 Å². The van der Waals surface area contributed by atoms with Crippen LogP contribution in [0, 0.1) is 0 Å². The van der Waals surface area contributed by atoms with Crippen LogP contribution in [0.3, 0.4) is 0 Å². The maximum absolute atomic E-state index is 12.0. The van der Waals surface area contributed by atoms with Gasteiger partial charge in [-0.15, -0.1) is 11.8 Å². The van der Waals surface area contributed by atoms with Gasteiger partial charge in [0.25, 0.3) is 0 Å². The molecule has 4 heteroatoms. The molecule has 0 amide bonds. The van der Waals surface area contributed by atoms with Gasteiger partial charge in [0.05, 0.1) is 14.2 Å². The first-order chi connectivity index (χ1) is 11.2. The molecule has 0 unspecified atom stereocenters. The summed E-state index contributed by atoms with van der Waals surface area (Å²) in [5, 5.41) is -0.151. The Hall–Kier alpha value is -1.94. The van der Waals surface area contributed by atoms with E-state index >= 15 is 0 Å². The van der Waals surface area contributed by atoms with Crippen molar-refractivity contribution in [2.24, 2.45) is 0 Å². The Labute approximate surface area is 142 Å². The number of thioether (sulfide) groups is 1. The van der Waals surface area contributed by atoms with Crippen LogP contribution >= 0.6 is 11.8 Å². The van der Waals surface area contributed by atoms with Crippen LogP contribution in [0.5, 0.6) is 5.75 Å². The molecule has 0 aliphatic heterocycles. The molecule has 23 heavy (non-hydrogen) atoms. The summed E-state index contributed by atoms with van der Waals surface area (Å²) >= 11 is 1.62. The van der Waals surface area contributed by atoms with Crippen molar-refractivity contribution in [3.8, 4) is 5.75 Å². The summed E-state index contributed by atoms with van der Waals surface area (Å²) in [6, 6.07) is 18.1. The zero-order valence-electron chi connectivity index (χ0n) is 13.5. The van der Waals surface area contributed by atoms with Crippen LogP contribution in [-0.2, 0) is 21.7 Å². The van der Waals surface area contributed by atoms with Gasteiger partial charge in [-0.25, -0.2) is 0 Å². The average molecular weight is 330 g/mol. The van der Waals surface area contributed by atoms with E-state index in [1.807, 2.05) is 42.5 Å². The van der Waals surface area contributed by atoms with Crippen LogP contribution in [0.15, 0.2) is 54.6 Å². The summed E-state index contributed by atoms with van der Waals surface area (Å²) in [4.78, 5) is 12.0. The van der Waals surface area contributed by atoms with E-state index in [4.69, 9.17) is 9.47 Å². The first kappa shape index (κ1) is 17.4. The molecular weight excluding hydrogens is 308 g/mol. The van der Waals surface area contributed by atoms with E-state index in [1.54, 1.807) is 18.9 Å². The van der Waals surface area contributed by atoms with Gasteiger partial charge < -0.3 is 9.47 Å². The van der Waals surface area contributed by atoms with Crippen LogP contribution in [0.4, 0.5) is 0 Å². The number of hydrogen-bond donors (Lipinski definition) is 0. The lowest BCUT2D eigenvalue weighted by Gasteiger charge is -2.14. The molecular formula is C19H22O3S. The van der Waals surface area contributed by atoms with Crippen LogP contribution in [-0.4, -0.2) is 25.4 Å². The number of esters is 1. The minimum atomic E-state index is -0.153. The Morgan fingerprint density at radius 1 is 1.00 bits per heavy atom. The first-order valence-corrected chi connectivity index (χ1v) is 8.64. The van der Waals surface area contributed by atoms with Crippen molar-refractivity contribution in [3.05, 3.63) is 65.7 Å². The molecule has 0 saturated heterocycles. The van der Waals surface area contributed by atoms with Gasteiger partial charge >= 0.3 is 5.97 Å². The normalized spacial score (nSPS) is 11.7. The lowest BCUT2D eigenvalue weighted by Crippen LogP contribution is -2.20. The first-order valence-electron chi connectivity index (χ1n) is 7.59. The van der Waals surface area contributed by atoms with Gasteiger partial charge in [0, 0.05) is 5.75 Å². The Bertz CT molecular complexity index is 596. The Morgan fingerprint density at radius 3 is 2.30 bits per heavy atom. The summed E-state index contributed by atoms with van der Waals surface area (Å²) in [5.41, 5.74) is 2.41. The third-order valence-corrected chi connectivity index (χ3v) is 4.94. The number of carbonyl (C=O) groups is 1. The van der Waals surface area contributed by atoms with E-state index < -0.39 is 0 Å². The second kappa shape index (κ2) is 9.26. The highest BCUT2D eigenvalue weighted by Crippen LogP contribution is 2.24. The quantitative estimate of drug-likeness (QED) is 0.683. The molecule has 2 aromatic rings. The van der Waals surface area contributed by atoms with Crippen LogP contribution in [0.2, 0.25) is 0 Å². The average Bonchev–Trinajstić information content (AvgIpc) is 2.62. The fourth-order valence-corrected chi connectivity index (χ4v) is 3.36. The van der Waals surface area contributed by atoms with E-state index in [9.17, 15) is 4.79 Å². The number of aryl methyl sites for hydroxylation is 1. The van der Waals surface area contributed by atoms with Crippen molar-refractivity contribution in [1.29, 1.82) is 0 Å². The predicted molar refractivity (Wildman–Crippen MR) is 94.9 cm³/mol. The number of hydrogen-bond acceptors (Lipinski definition) is 4. The van der Waals surface area contributed by atoms with Crippen LogP contribution < -0.4 is 4.74 Å². The van der Waals surface area contributed by atoms with E-state index in [-0.39, 0.29) is 11.2 Å². The molecule has 3 nitrogen and oxygen atoms in total. The molecule has 1 atom stereocenters.